The van der Waals surface area contributed by atoms with E-state index in [1.807, 2.05) is 18.2 Å². The van der Waals surface area contributed by atoms with E-state index in [1.165, 1.54) is 5.56 Å². The van der Waals surface area contributed by atoms with Gasteiger partial charge in [0.2, 0.25) is 0 Å². The number of aliphatic hydroxyl groups excluding tert-OH is 1. The van der Waals surface area contributed by atoms with Crippen molar-refractivity contribution in [2.45, 2.75) is 31.8 Å². The van der Waals surface area contributed by atoms with Crippen molar-refractivity contribution < 1.29 is 5.11 Å². The summed E-state index contributed by atoms with van der Waals surface area (Å²) in [6, 6.07) is 7.90. The van der Waals surface area contributed by atoms with Crippen LogP contribution in [0.1, 0.15) is 24.8 Å². The summed E-state index contributed by atoms with van der Waals surface area (Å²) in [5.74, 6) is 0.468. The highest BCUT2D eigenvalue weighted by Crippen LogP contribution is 2.21. The van der Waals surface area contributed by atoms with Gasteiger partial charge in [-0.25, -0.2) is 0 Å². The van der Waals surface area contributed by atoms with Crippen LogP contribution in [0.15, 0.2) is 24.3 Å². The van der Waals surface area contributed by atoms with E-state index < -0.39 is 0 Å². The number of hydrogen-bond donors (Lipinski definition) is 2. The van der Waals surface area contributed by atoms with Crippen molar-refractivity contribution in [2.24, 2.45) is 5.92 Å². The number of aryl methyl sites for hydroxylation is 1. The molecule has 0 bridgehead atoms. The molecule has 0 aromatic heterocycles. The van der Waals surface area contributed by atoms with Gasteiger partial charge in [0.1, 0.15) is 0 Å². The van der Waals surface area contributed by atoms with E-state index in [4.69, 9.17) is 11.6 Å². The standard InChI is InChI=1S/C14H20ClNO/c15-13-3-1-2-11(10-13)4-5-14(17)12-6-8-16-9-7-12/h1-3,10,12,14,16-17H,4-9H2. The van der Waals surface area contributed by atoms with Crippen LogP contribution < -0.4 is 5.32 Å². The molecule has 2 rings (SSSR count). The normalized spacial score (nSPS) is 19.2. The fraction of sp³-hybridized carbons (Fsp3) is 0.571. The van der Waals surface area contributed by atoms with Gasteiger partial charge in [-0.1, -0.05) is 23.7 Å². The lowest BCUT2D eigenvalue weighted by atomic mass is 9.89. The van der Waals surface area contributed by atoms with Crippen LogP contribution in [0.4, 0.5) is 0 Å². The fourth-order valence-electron chi connectivity index (χ4n) is 2.47. The molecule has 2 nitrogen and oxygen atoms in total. The van der Waals surface area contributed by atoms with E-state index in [-0.39, 0.29) is 6.10 Å². The first-order valence-electron chi connectivity index (χ1n) is 6.39. The molecule has 1 saturated heterocycles. The van der Waals surface area contributed by atoms with Crippen LogP contribution in [0.2, 0.25) is 5.02 Å². The first-order chi connectivity index (χ1) is 8.25. The molecule has 1 aliphatic rings. The number of benzene rings is 1. The minimum atomic E-state index is -0.170. The highest BCUT2D eigenvalue weighted by atomic mass is 35.5. The molecule has 0 amide bonds. The van der Waals surface area contributed by atoms with Gasteiger partial charge in [0.15, 0.2) is 0 Å². The lowest BCUT2D eigenvalue weighted by Gasteiger charge is -2.27. The SMILES string of the molecule is OC(CCc1cccc(Cl)c1)C1CCNCC1. The molecule has 94 valence electrons. The lowest BCUT2D eigenvalue weighted by molar-refractivity contribution is 0.0813. The first kappa shape index (κ1) is 12.9. The van der Waals surface area contributed by atoms with Crippen LogP contribution >= 0.6 is 11.6 Å². The Balaban J connectivity index is 1.80. The number of nitrogens with one attached hydrogen (secondary N) is 1. The van der Waals surface area contributed by atoms with Crippen molar-refractivity contribution in [1.29, 1.82) is 0 Å². The topological polar surface area (TPSA) is 32.3 Å². The molecule has 0 aliphatic carbocycles. The Morgan fingerprint density at radius 1 is 1.35 bits per heavy atom. The molecule has 1 fully saturated rings. The van der Waals surface area contributed by atoms with Crippen LogP contribution in [-0.4, -0.2) is 24.3 Å². The van der Waals surface area contributed by atoms with E-state index in [1.54, 1.807) is 0 Å². The van der Waals surface area contributed by atoms with Gasteiger partial charge >= 0.3 is 0 Å². The number of piperidine rings is 1. The van der Waals surface area contributed by atoms with Crippen LogP contribution in [-0.2, 0) is 6.42 Å². The second kappa shape index (κ2) is 6.39. The summed E-state index contributed by atoms with van der Waals surface area (Å²) >= 11 is 5.94. The highest BCUT2D eigenvalue weighted by molar-refractivity contribution is 6.30. The maximum atomic E-state index is 10.1. The molecule has 1 aromatic rings. The zero-order chi connectivity index (χ0) is 12.1. The Morgan fingerprint density at radius 2 is 2.12 bits per heavy atom. The van der Waals surface area contributed by atoms with Gasteiger partial charge in [0, 0.05) is 5.02 Å². The molecular formula is C14H20ClNO. The Labute approximate surface area is 108 Å². The van der Waals surface area contributed by atoms with Crippen molar-refractivity contribution in [1.82, 2.24) is 5.32 Å². The lowest BCUT2D eigenvalue weighted by Crippen LogP contribution is -2.34. The molecule has 2 N–H and O–H groups in total. The molecule has 1 atom stereocenters. The smallest absolute Gasteiger partial charge is 0.0572 e. The zero-order valence-corrected chi connectivity index (χ0v) is 10.8. The Bertz CT molecular complexity index is 350. The molecule has 3 heteroatoms. The highest BCUT2D eigenvalue weighted by Gasteiger charge is 2.20. The number of rotatable bonds is 4. The molecule has 17 heavy (non-hydrogen) atoms. The van der Waals surface area contributed by atoms with Crippen molar-refractivity contribution in [3.63, 3.8) is 0 Å². The largest absolute Gasteiger partial charge is 0.393 e. The van der Waals surface area contributed by atoms with Crippen LogP contribution in [0.5, 0.6) is 0 Å². The van der Waals surface area contributed by atoms with E-state index in [0.717, 1.165) is 43.8 Å². The van der Waals surface area contributed by atoms with Gasteiger partial charge in [0.25, 0.3) is 0 Å². The average Bonchev–Trinajstić information content (AvgIpc) is 2.37. The van der Waals surface area contributed by atoms with E-state index in [9.17, 15) is 5.11 Å². The van der Waals surface area contributed by atoms with Gasteiger partial charge in [-0.15, -0.1) is 0 Å². The summed E-state index contributed by atoms with van der Waals surface area (Å²) in [5, 5.41) is 14.2. The second-order valence-corrected chi connectivity index (χ2v) is 5.26. The number of aliphatic hydroxyl groups is 1. The third kappa shape index (κ3) is 3.98. The van der Waals surface area contributed by atoms with E-state index in [0.29, 0.717) is 5.92 Å². The minimum absolute atomic E-state index is 0.170. The maximum absolute atomic E-state index is 10.1. The van der Waals surface area contributed by atoms with Crippen LogP contribution in [0, 0.1) is 5.92 Å². The van der Waals surface area contributed by atoms with Crippen molar-refractivity contribution in [3.8, 4) is 0 Å². The molecule has 0 radical (unpaired) electrons. The zero-order valence-electron chi connectivity index (χ0n) is 10.0. The Morgan fingerprint density at radius 3 is 2.82 bits per heavy atom. The summed E-state index contributed by atoms with van der Waals surface area (Å²) < 4.78 is 0. The summed E-state index contributed by atoms with van der Waals surface area (Å²) in [6.45, 7) is 2.08. The maximum Gasteiger partial charge on any atom is 0.0572 e. The summed E-state index contributed by atoms with van der Waals surface area (Å²) in [7, 11) is 0. The van der Waals surface area contributed by atoms with E-state index >= 15 is 0 Å². The molecule has 0 saturated carbocycles. The van der Waals surface area contributed by atoms with Crippen molar-refractivity contribution >= 4 is 11.6 Å². The monoisotopic (exact) mass is 253 g/mol. The van der Waals surface area contributed by atoms with Gasteiger partial charge < -0.3 is 10.4 Å². The molecule has 1 unspecified atom stereocenters. The molecule has 1 aromatic carbocycles. The molecular weight excluding hydrogens is 234 g/mol. The molecule has 0 spiro atoms. The second-order valence-electron chi connectivity index (χ2n) is 4.82. The summed E-state index contributed by atoms with van der Waals surface area (Å²) in [4.78, 5) is 0. The predicted molar refractivity (Wildman–Crippen MR) is 71.4 cm³/mol. The summed E-state index contributed by atoms with van der Waals surface area (Å²) in [5.41, 5.74) is 1.21. The fourth-order valence-corrected chi connectivity index (χ4v) is 2.68. The van der Waals surface area contributed by atoms with Crippen molar-refractivity contribution in [2.75, 3.05) is 13.1 Å². The van der Waals surface area contributed by atoms with Gasteiger partial charge in [-0.2, -0.15) is 0 Å². The number of halogens is 1. The van der Waals surface area contributed by atoms with E-state index in [2.05, 4.69) is 11.4 Å². The minimum Gasteiger partial charge on any atom is -0.393 e. The van der Waals surface area contributed by atoms with Gasteiger partial charge in [-0.3, -0.25) is 0 Å². The van der Waals surface area contributed by atoms with Crippen molar-refractivity contribution in [3.05, 3.63) is 34.9 Å². The quantitative estimate of drug-likeness (QED) is 0.865. The third-order valence-corrected chi connectivity index (χ3v) is 3.78. The molecule has 1 aliphatic heterocycles. The Hall–Kier alpha value is -0.570. The van der Waals surface area contributed by atoms with Crippen LogP contribution in [0.3, 0.4) is 0 Å². The van der Waals surface area contributed by atoms with Gasteiger partial charge in [-0.05, 0) is 62.4 Å². The van der Waals surface area contributed by atoms with Gasteiger partial charge in [0.05, 0.1) is 6.10 Å². The first-order valence-corrected chi connectivity index (χ1v) is 6.77. The Kier molecular flexibility index (Phi) is 4.84. The van der Waals surface area contributed by atoms with Crippen LogP contribution in [0.25, 0.3) is 0 Å². The molecule has 1 heterocycles. The number of hydrogen-bond acceptors (Lipinski definition) is 2. The third-order valence-electron chi connectivity index (χ3n) is 3.55. The predicted octanol–water partition coefficient (Wildman–Crippen LogP) is 2.63. The summed E-state index contributed by atoms with van der Waals surface area (Å²) in [6.07, 6.45) is 3.76. The average molecular weight is 254 g/mol.